The fourth-order valence-electron chi connectivity index (χ4n) is 0.810. The van der Waals surface area contributed by atoms with Gasteiger partial charge >= 0.3 is 5.97 Å². The minimum Gasteiger partial charge on any atom is -0.480 e. The third-order valence-electron chi connectivity index (χ3n) is 1.70. The van der Waals surface area contributed by atoms with E-state index in [1.165, 1.54) is 6.92 Å². The third kappa shape index (κ3) is 6.78. The van der Waals surface area contributed by atoms with E-state index in [9.17, 15) is 13.6 Å². The van der Waals surface area contributed by atoms with Crippen molar-refractivity contribution in [1.82, 2.24) is 0 Å². The molecule has 0 spiro atoms. The van der Waals surface area contributed by atoms with Crippen LogP contribution in [0.3, 0.4) is 0 Å². The quantitative estimate of drug-likeness (QED) is 0.442. The number of hydrogen-bond donors (Lipinski definition) is 3. The molecule has 0 rings (SSSR count). The highest BCUT2D eigenvalue weighted by molar-refractivity contribution is 5.77. The van der Waals surface area contributed by atoms with Crippen molar-refractivity contribution in [2.45, 2.75) is 31.7 Å². The fraction of sp³-hybridized carbons (Fsp3) is 0.750. The molecule has 7 heteroatoms. The minimum absolute atomic E-state index is 0.0669. The average molecular weight is 223 g/mol. The molecule has 0 aliphatic heterocycles. The van der Waals surface area contributed by atoms with Crippen LogP contribution in [-0.2, 0) is 4.79 Å². The monoisotopic (exact) mass is 223 g/mol. The van der Waals surface area contributed by atoms with Gasteiger partial charge in [-0.3, -0.25) is 9.79 Å². The molecule has 0 bridgehead atoms. The van der Waals surface area contributed by atoms with Gasteiger partial charge in [0, 0.05) is 6.42 Å². The molecule has 0 saturated carbocycles. The second-order valence-electron chi connectivity index (χ2n) is 3.30. The predicted octanol–water partition coefficient (Wildman–Crippen LogP) is 0.191. The van der Waals surface area contributed by atoms with E-state index in [2.05, 4.69) is 4.99 Å². The van der Waals surface area contributed by atoms with Crippen molar-refractivity contribution in [3.8, 4) is 0 Å². The summed E-state index contributed by atoms with van der Waals surface area (Å²) >= 11 is 0. The van der Waals surface area contributed by atoms with Crippen LogP contribution in [0, 0.1) is 0 Å². The minimum atomic E-state index is -3.06. The van der Waals surface area contributed by atoms with E-state index < -0.39 is 30.9 Å². The van der Waals surface area contributed by atoms with Gasteiger partial charge in [-0.05, 0) is 13.3 Å². The molecule has 88 valence electrons. The lowest BCUT2D eigenvalue weighted by atomic mass is 10.1. The number of aliphatic imine (C=N–C) groups is 1. The first-order valence-corrected chi connectivity index (χ1v) is 4.37. The van der Waals surface area contributed by atoms with E-state index >= 15 is 0 Å². The first-order chi connectivity index (χ1) is 6.74. The lowest BCUT2D eigenvalue weighted by molar-refractivity contribution is -0.139. The molecule has 0 aliphatic carbocycles. The molecule has 0 unspecified atom stereocenters. The maximum Gasteiger partial charge on any atom is 0.320 e. The second kappa shape index (κ2) is 5.59. The van der Waals surface area contributed by atoms with E-state index in [1.807, 2.05) is 0 Å². The van der Waals surface area contributed by atoms with Gasteiger partial charge in [-0.2, -0.15) is 0 Å². The highest BCUT2D eigenvalue weighted by Gasteiger charge is 2.30. The molecule has 0 aromatic rings. The molecule has 5 nitrogen and oxygen atoms in total. The SMILES string of the molecule is CC(N)=NCC(F)(F)CC[C@H](N)C(=O)O. The molecule has 0 aliphatic rings. The smallest absolute Gasteiger partial charge is 0.320 e. The zero-order valence-corrected chi connectivity index (χ0v) is 8.41. The predicted molar refractivity (Wildman–Crippen MR) is 52.0 cm³/mol. The summed E-state index contributed by atoms with van der Waals surface area (Å²) in [6.45, 7) is 0.667. The lowest BCUT2D eigenvalue weighted by Crippen LogP contribution is -2.33. The first-order valence-electron chi connectivity index (χ1n) is 4.37. The van der Waals surface area contributed by atoms with Crippen LogP contribution in [0.25, 0.3) is 0 Å². The number of nitrogens with zero attached hydrogens (tertiary/aromatic N) is 1. The molecule has 0 radical (unpaired) electrons. The molecular weight excluding hydrogens is 208 g/mol. The topological polar surface area (TPSA) is 102 Å². The summed E-state index contributed by atoms with van der Waals surface area (Å²) < 4.78 is 26.0. The number of alkyl halides is 2. The standard InChI is InChI=1S/C8H15F2N3O2/c1-5(11)13-4-8(9,10)3-2-6(12)7(14)15/h6H,2-4,12H2,1H3,(H2,11,13)(H,14,15)/t6-/m0/s1. The van der Waals surface area contributed by atoms with E-state index in [1.54, 1.807) is 0 Å². The number of aliphatic carboxylic acids is 1. The van der Waals surface area contributed by atoms with Crippen LogP contribution in [0.1, 0.15) is 19.8 Å². The van der Waals surface area contributed by atoms with Crippen LogP contribution in [0.4, 0.5) is 8.78 Å². The Balaban J connectivity index is 4.04. The second-order valence-corrected chi connectivity index (χ2v) is 3.30. The van der Waals surface area contributed by atoms with Gasteiger partial charge in [0.2, 0.25) is 0 Å². The number of carboxylic acid groups (broad SMARTS) is 1. The van der Waals surface area contributed by atoms with Crippen LogP contribution in [0.5, 0.6) is 0 Å². The molecular formula is C8H15F2N3O2. The Hall–Kier alpha value is -1.24. The zero-order valence-electron chi connectivity index (χ0n) is 8.41. The molecule has 1 atom stereocenters. The molecule has 5 N–H and O–H groups in total. The fourth-order valence-corrected chi connectivity index (χ4v) is 0.810. The van der Waals surface area contributed by atoms with E-state index in [0.29, 0.717) is 0 Å². The molecule has 0 fully saturated rings. The maximum atomic E-state index is 13.0. The molecule has 15 heavy (non-hydrogen) atoms. The molecule has 0 amide bonds. The van der Waals surface area contributed by atoms with E-state index in [-0.39, 0.29) is 12.3 Å². The number of hydrogen-bond acceptors (Lipinski definition) is 3. The molecule has 0 aromatic heterocycles. The Bertz CT molecular complexity index is 252. The van der Waals surface area contributed by atoms with Gasteiger partial charge in [-0.15, -0.1) is 0 Å². The Morgan fingerprint density at radius 2 is 2.13 bits per heavy atom. The number of amidine groups is 1. The van der Waals surface area contributed by atoms with Gasteiger partial charge in [0.05, 0.1) is 5.84 Å². The van der Waals surface area contributed by atoms with Crippen molar-refractivity contribution in [3.05, 3.63) is 0 Å². The van der Waals surface area contributed by atoms with Gasteiger partial charge in [0.15, 0.2) is 0 Å². The van der Waals surface area contributed by atoms with Crippen LogP contribution < -0.4 is 11.5 Å². The van der Waals surface area contributed by atoms with Crippen molar-refractivity contribution in [1.29, 1.82) is 0 Å². The van der Waals surface area contributed by atoms with Gasteiger partial charge in [-0.1, -0.05) is 0 Å². The Morgan fingerprint density at radius 1 is 1.60 bits per heavy atom. The number of nitrogens with two attached hydrogens (primary N) is 2. The van der Waals surface area contributed by atoms with Crippen molar-refractivity contribution >= 4 is 11.8 Å². The lowest BCUT2D eigenvalue weighted by Gasteiger charge is -2.15. The zero-order chi connectivity index (χ0) is 12.1. The molecule has 0 heterocycles. The largest absolute Gasteiger partial charge is 0.480 e. The summed E-state index contributed by atoms with van der Waals surface area (Å²) in [5.74, 6) is -4.28. The van der Waals surface area contributed by atoms with Crippen molar-refractivity contribution in [2.24, 2.45) is 16.5 Å². The van der Waals surface area contributed by atoms with Gasteiger partial charge < -0.3 is 16.6 Å². The van der Waals surface area contributed by atoms with E-state index in [4.69, 9.17) is 16.6 Å². The van der Waals surface area contributed by atoms with Gasteiger partial charge in [0.25, 0.3) is 5.92 Å². The van der Waals surface area contributed by atoms with Crippen LogP contribution in [0.2, 0.25) is 0 Å². The van der Waals surface area contributed by atoms with Crippen LogP contribution in [-0.4, -0.2) is 35.4 Å². The Morgan fingerprint density at radius 3 is 2.53 bits per heavy atom. The Labute approximate surface area is 86.2 Å². The van der Waals surface area contributed by atoms with Crippen LogP contribution in [0.15, 0.2) is 4.99 Å². The summed E-state index contributed by atoms with van der Waals surface area (Å²) in [5.41, 5.74) is 10.2. The maximum absolute atomic E-state index is 13.0. The third-order valence-corrected chi connectivity index (χ3v) is 1.70. The molecule has 0 aromatic carbocycles. The summed E-state index contributed by atoms with van der Waals surface area (Å²) in [7, 11) is 0. The highest BCUT2D eigenvalue weighted by Crippen LogP contribution is 2.21. The first kappa shape index (κ1) is 13.8. The summed E-state index contributed by atoms with van der Waals surface area (Å²) in [5, 5.41) is 8.38. The van der Waals surface area contributed by atoms with Crippen LogP contribution >= 0.6 is 0 Å². The number of carbonyl (C=O) groups is 1. The van der Waals surface area contributed by atoms with Gasteiger partial charge in [-0.25, -0.2) is 8.78 Å². The number of halogens is 2. The normalized spacial score (nSPS) is 15.1. The number of rotatable bonds is 6. The highest BCUT2D eigenvalue weighted by atomic mass is 19.3. The molecule has 0 saturated heterocycles. The summed E-state index contributed by atoms with van der Waals surface area (Å²) in [6.07, 6.45) is -0.904. The summed E-state index contributed by atoms with van der Waals surface area (Å²) in [6, 6.07) is -1.26. The summed E-state index contributed by atoms with van der Waals surface area (Å²) in [4.78, 5) is 13.6. The van der Waals surface area contributed by atoms with Crippen molar-refractivity contribution in [3.63, 3.8) is 0 Å². The van der Waals surface area contributed by atoms with Gasteiger partial charge in [0.1, 0.15) is 12.6 Å². The van der Waals surface area contributed by atoms with E-state index in [0.717, 1.165) is 0 Å². The van der Waals surface area contributed by atoms with Crippen molar-refractivity contribution < 1.29 is 18.7 Å². The average Bonchev–Trinajstić information content (AvgIpc) is 2.11. The number of carboxylic acids is 1. The van der Waals surface area contributed by atoms with Crippen molar-refractivity contribution in [2.75, 3.05) is 6.54 Å². The Kier molecular flexibility index (Phi) is 5.13.